The third kappa shape index (κ3) is 5.04. The molecule has 0 saturated heterocycles. The summed E-state index contributed by atoms with van der Waals surface area (Å²) in [6.45, 7) is 1.48. The van der Waals surface area contributed by atoms with Crippen molar-refractivity contribution in [2.45, 2.75) is 12.8 Å². The van der Waals surface area contributed by atoms with E-state index < -0.39 is 5.82 Å². The number of aromatic nitrogens is 2. The van der Waals surface area contributed by atoms with Gasteiger partial charge >= 0.3 is 0 Å². The lowest BCUT2D eigenvalue weighted by Gasteiger charge is -2.15. The van der Waals surface area contributed by atoms with Crippen molar-refractivity contribution in [3.05, 3.63) is 59.9 Å². The van der Waals surface area contributed by atoms with Gasteiger partial charge < -0.3 is 4.90 Å². The number of ketones is 1. The van der Waals surface area contributed by atoms with Crippen LogP contribution in [-0.2, 0) is 6.42 Å². The number of carbonyl (C=O) groups excluding carboxylic acids is 1. The van der Waals surface area contributed by atoms with Crippen LogP contribution in [0.4, 0.5) is 4.39 Å². The second kappa shape index (κ2) is 7.59. The van der Waals surface area contributed by atoms with Gasteiger partial charge in [0.15, 0.2) is 5.78 Å². The van der Waals surface area contributed by atoms with Crippen LogP contribution in [0.1, 0.15) is 22.6 Å². The number of halogens is 1. The minimum absolute atomic E-state index is 0.0697. The van der Waals surface area contributed by atoms with Gasteiger partial charge in [0.1, 0.15) is 11.5 Å². The van der Waals surface area contributed by atoms with Crippen LogP contribution in [0.2, 0.25) is 0 Å². The van der Waals surface area contributed by atoms with Crippen molar-refractivity contribution in [2.75, 3.05) is 20.1 Å². The molecule has 110 valence electrons. The van der Waals surface area contributed by atoms with Gasteiger partial charge in [0.05, 0.1) is 6.20 Å². The van der Waals surface area contributed by atoms with E-state index in [1.807, 2.05) is 25.2 Å². The number of likely N-dealkylation sites (N-methyl/N-ethyl adjacent to an activating group) is 1. The largest absolute Gasteiger partial charge is 0.306 e. The number of hydrogen-bond acceptors (Lipinski definition) is 4. The predicted octanol–water partition coefficient (Wildman–Crippen LogP) is 2.36. The molecule has 2 rings (SSSR count). The molecule has 0 aromatic carbocycles. The van der Waals surface area contributed by atoms with E-state index in [-0.39, 0.29) is 5.78 Å². The zero-order valence-electron chi connectivity index (χ0n) is 12.0. The fourth-order valence-electron chi connectivity index (χ4n) is 1.92. The van der Waals surface area contributed by atoms with Crippen LogP contribution >= 0.6 is 0 Å². The quantitative estimate of drug-likeness (QED) is 0.733. The van der Waals surface area contributed by atoms with E-state index in [9.17, 15) is 9.18 Å². The number of rotatable bonds is 7. The number of Topliss-reactive ketones (excluding diaryl/α,β-unsaturated/α-hetero) is 1. The summed E-state index contributed by atoms with van der Waals surface area (Å²) < 4.78 is 12.7. The molecule has 0 N–H and O–H groups in total. The molecule has 0 spiro atoms. The van der Waals surface area contributed by atoms with Gasteiger partial charge in [-0.1, -0.05) is 6.07 Å². The van der Waals surface area contributed by atoms with Crippen LogP contribution in [0.15, 0.2) is 42.7 Å². The summed E-state index contributed by atoms with van der Waals surface area (Å²) in [7, 11) is 1.97. The average Bonchev–Trinajstić information content (AvgIpc) is 2.52. The summed E-state index contributed by atoms with van der Waals surface area (Å²) in [6.07, 6.45) is 4.06. The third-order valence-corrected chi connectivity index (χ3v) is 3.21. The molecule has 2 heterocycles. The average molecular weight is 287 g/mol. The minimum atomic E-state index is -0.431. The normalized spacial score (nSPS) is 10.8. The number of nitrogens with zero attached hydrogens (tertiary/aromatic N) is 3. The highest BCUT2D eigenvalue weighted by Gasteiger charge is 2.09. The van der Waals surface area contributed by atoms with E-state index in [1.165, 1.54) is 12.1 Å². The van der Waals surface area contributed by atoms with Crippen molar-refractivity contribution in [1.29, 1.82) is 0 Å². The standard InChI is InChI=1S/C16H18FN3O/c1-20(10-7-14-4-2-3-9-18-14)11-8-16(21)15-6-5-13(17)12-19-15/h2-6,9,12H,7-8,10-11H2,1H3. The molecular formula is C16H18FN3O. The van der Waals surface area contributed by atoms with Crippen molar-refractivity contribution in [3.63, 3.8) is 0 Å². The highest BCUT2D eigenvalue weighted by Crippen LogP contribution is 2.03. The fourth-order valence-corrected chi connectivity index (χ4v) is 1.92. The Morgan fingerprint density at radius 2 is 2.05 bits per heavy atom. The highest BCUT2D eigenvalue weighted by molar-refractivity contribution is 5.94. The first-order valence-corrected chi connectivity index (χ1v) is 6.88. The van der Waals surface area contributed by atoms with Crippen LogP contribution in [0, 0.1) is 5.82 Å². The van der Waals surface area contributed by atoms with Crippen molar-refractivity contribution >= 4 is 5.78 Å². The Morgan fingerprint density at radius 3 is 2.71 bits per heavy atom. The molecule has 5 heteroatoms. The van der Waals surface area contributed by atoms with E-state index in [0.29, 0.717) is 18.7 Å². The summed E-state index contributed by atoms with van der Waals surface area (Å²) in [6, 6.07) is 8.52. The van der Waals surface area contributed by atoms with Crippen LogP contribution in [-0.4, -0.2) is 40.8 Å². The number of hydrogen-bond donors (Lipinski definition) is 0. The van der Waals surface area contributed by atoms with E-state index in [0.717, 1.165) is 24.9 Å². The predicted molar refractivity (Wildman–Crippen MR) is 78.6 cm³/mol. The van der Waals surface area contributed by atoms with Gasteiger partial charge in [-0.2, -0.15) is 0 Å². The second-order valence-corrected chi connectivity index (χ2v) is 4.91. The SMILES string of the molecule is CN(CCC(=O)c1ccc(F)cn1)CCc1ccccn1. The Kier molecular flexibility index (Phi) is 5.51. The molecule has 0 aliphatic rings. The molecule has 0 unspecified atom stereocenters. The van der Waals surface area contributed by atoms with Gasteiger partial charge in [-0.25, -0.2) is 4.39 Å². The summed E-state index contributed by atoms with van der Waals surface area (Å²) >= 11 is 0. The van der Waals surface area contributed by atoms with Gasteiger partial charge in [-0.15, -0.1) is 0 Å². The lowest BCUT2D eigenvalue weighted by molar-refractivity contribution is 0.0964. The molecule has 0 saturated carbocycles. The van der Waals surface area contributed by atoms with Crippen LogP contribution in [0.25, 0.3) is 0 Å². The monoisotopic (exact) mass is 287 g/mol. The summed E-state index contributed by atoms with van der Waals surface area (Å²) in [5.74, 6) is -0.501. The van der Waals surface area contributed by atoms with E-state index in [4.69, 9.17) is 0 Å². The third-order valence-electron chi connectivity index (χ3n) is 3.21. The van der Waals surface area contributed by atoms with Gasteiger partial charge in [-0.3, -0.25) is 14.8 Å². The Bertz CT molecular complexity index is 572. The minimum Gasteiger partial charge on any atom is -0.306 e. The van der Waals surface area contributed by atoms with Gasteiger partial charge in [0, 0.05) is 37.8 Å². The first-order valence-electron chi connectivity index (χ1n) is 6.88. The van der Waals surface area contributed by atoms with Gasteiger partial charge in [0.25, 0.3) is 0 Å². The lowest BCUT2D eigenvalue weighted by Crippen LogP contribution is -2.24. The van der Waals surface area contributed by atoms with E-state index in [2.05, 4.69) is 14.9 Å². The Morgan fingerprint density at radius 1 is 1.19 bits per heavy atom. The van der Waals surface area contributed by atoms with Crippen molar-refractivity contribution in [2.24, 2.45) is 0 Å². The molecular weight excluding hydrogens is 269 g/mol. The first-order chi connectivity index (χ1) is 10.1. The first kappa shape index (κ1) is 15.3. The lowest BCUT2D eigenvalue weighted by atomic mass is 10.2. The van der Waals surface area contributed by atoms with Crippen LogP contribution in [0.5, 0.6) is 0 Å². The van der Waals surface area contributed by atoms with Crippen molar-refractivity contribution < 1.29 is 9.18 Å². The van der Waals surface area contributed by atoms with E-state index in [1.54, 1.807) is 6.20 Å². The number of carbonyl (C=O) groups is 1. The zero-order chi connectivity index (χ0) is 15.1. The molecule has 0 aliphatic carbocycles. The number of pyridine rings is 2. The van der Waals surface area contributed by atoms with Crippen molar-refractivity contribution in [3.8, 4) is 0 Å². The maximum atomic E-state index is 12.7. The molecule has 0 atom stereocenters. The zero-order valence-corrected chi connectivity index (χ0v) is 12.0. The van der Waals surface area contributed by atoms with Crippen LogP contribution in [0.3, 0.4) is 0 Å². The van der Waals surface area contributed by atoms with Crippen LogP contribution < -0.4 is 0 Å². The maximum absolute atomic E-state index is 12.7. The summed E-state index contributed by atoms with van der Waals surface area (Å²) in [5, 5.41) is 0. The molecule has 0 bridgehead atoms. The molecule has 0 radical (unpaired) electrons. The molecule has 0 aliphatic heterocycles. The smallest absolute Gasteiger partial charge is 0.182 e. The molecule has 2 aromatic rings. The second-order valence-electron chi connectivity index (χ2n) is 4.91. The van der Waals surface area contributed by atoms with Crippen molar-refractivity contribution in [1.82, 2.24) is 14.9 Å². The van der Waals surface area contributed by atoms with Gasteiger partial charge in [0.2, 0.25) is 0 Å². The summed E-state index contributed by atoms with van der Waals surface area (Å²) in [4.78, 5) is 22.0. The topological polar surface area (TPSA) is 46.1 Å². The highest BCUT2D eigenvalue weighted by atomic mass is 19.1. The molecule has 4 nitrogen and oxygen atoms in total. The molecule has 2 aromatic heterocycles. The van der Waals surface area contributed by atoms with Gasteiger partial charge in [-0.05, 0) is 31.3 Å². The Hall–Kier alpha value is -2.14. The van der Waals surface area contributed by atoms with E-state index >= 15 is 0 Å². The maximum Gasteiger partial charge on any atom is 0.182 e. The molecule has 0 amide bonds. The molecule has 0 fully saturated rings. The summed E-state index contributed by atoms with van der Waals surface area (Å²) in [5.41, 5.74) is 1.35. The fraction of sp³-hybridized carbons (Fsp3) is 0.312. The Balaban J connectivity index is 1.74. The molecule has 21 heavy (non-hydrogen) atoms. The Labute approximate surface area is 123 Å².